The summed E-state index contributed by atoms with van der Waals surface area (Å²) >= 11 is 0. The molecule has 0 spiro atoms. The second kappa shape index (κ2) is 5.30. The number of fused-ring (bicyclic) bond motifs is 1. The average Bonchev–Trinajstić information content (AvgIpc) is 2.47. The van der Waals surface area contributed by atoms with Gasteiger partial charge in [-0.15, -0.1) is 0 Å². The van der Waals surface area contributed by atoms with Crippen molar-refractivity contribution in [3.63, 3.8) is 0 Å². The van der Waals surface area contributed by atoms with E-state index in [4.69, 9.17) is 0 Å². The lowest BCUT2D eigenvalue weighted by Gasteiger charge is -2.26. The van der Waals surface area contributed by atoms with Gasteiger partial charge in [-0.3, -0.25) is 4.98 Å². The molecule has 0 amide bonds. The molecule has 1 aliphatic carbocycles. The van der Waals surface area contributed by atoms with E-state index < -0.39 is 6.10 Å². The number of benzene rings is 1. The number of aryl methyl sites for hydroxylation is 1. The molecule has 2 aromatic rings. The topological polar surface area (TPSA) is 33.1 Å². The van der Waals surface area contributed by atoms with Crippen molar-refractivity contribution in [1.29, 1.82) is 0 Å². The number of pyridine rings is 1. The van der Waals surface area contributed by atoms with Crippen molar-refractivity contribution in [2.45, 2.75) is 45.1 Å². The molecule has 0 bridgehead atoms. The third-order valence-corrected chi connectivity index (χ3v) is 4.34. The van der Waals surface area contributed by atoms with Gasteiger partial charge >= 0.3 is 0 Å². The van der Waals surface area contributed by atoms with E-state index in [1.54, 1.807) is 0 Å². The van der Waals surface area contributed by atoms with Crippen LogP contribution in [0.1, 0.15) is 49.5 Å². The summed E-state index contributed by atoms with van der Waals surface area (Å²) in [7, 11) is 0. The SMILES string of the molecule is Cc1cc(C(O)C2CCCCC2)nc2ccccc12. The van der Waals surface area contributed by atoms with Crippen molar-refractivity contribution < 1.29 is 5.11 Å². The largest absolute Gasteiger partial charge is 0.387 e. The maximum atomic E-state index is 10.6. The van der Waals surface area contributed by atoms with E-state index in [1.807, 2.05) is 18.2 Å². The number of aromatic nitrogens is 1. The van der Waals surface area contributed by atoms with Crippen molar-refractivity contribution in [1.82, 2.24) is 4.98 Å². The van der Waals surface area contributed by atoms with Crippen molar-refractivity contribution >= 4 is 10.9 Å². The minimum atomic E-state index is -0.399. The summed E-state index contributed by atoms with van der Waals surface area (Å²) in [5, 5.41) is 11.7. The Morgan fingerprint density at radius 1 is 1.16 bits per heavy atom. The predicted molar refractivity (Wildman–Crippen MR) is 78.0 cm³/mol. The minimum Gasteiger partial charge on any atom is -0.387 e. The highest BCUT2D eigenvalue weighted by atomic mass is 16.3. The molecule has 2 nitrogen and oxygen atoms in total. The lowest BCUT2D eigenvalue weighted by molar-refractivity contribution is 0.0814. The van der Waals surface area contributed by atoms with Gasteiger partial charge in [0.1, 0.15) is 0 Å². The molecule has 3 rings (SSSR count). The molecular weight excluding hydrogens is 234 g/mol. The first-order valence-electron chi connectivity index (χ1n) is 7.30. The zero-order valence-corrected chi connectivity index (χ0v) is 11.5. The molecule has 0 aliphatic heterocycles. The molecule has 1 N–H and O–H groups in total. The molecule has 1 atom stereocenters. The molecule has 1 aromatic carbocycles. The monoisotopic (exact) mass is 255 g/mol. The van der Waals surface area contributed by atoms with E-state index in [9.17, 15) is 5.11 Å². The first-order valence-corrected chi connectivity index (χ1v) is 7.30. The van der Waals surface area contributed by atoms with Gasteiger partial charge in [0.2, 0.25) is 0 Å². The van der Waals surface area contributed by atoms with Gasteiger partial charge in [0, 0.05) is 5.39 Å². The Morgan fingerprint density at radius 3 is 2.68 bits per heavy atom. The van der Waals surface area contributed by atoms with Gasteiger partial charge in [0.05, 0.1) is 17.3 Å². The normalized spacial score (nSPS) is 18.6. The van der Waals surface area contributed by atoms with Crippen LogP contribution in [0.2, 0.25) is 0 Å². The zero-order chi connectivity index (χ0) is 13.2. The number of hydrogen-bond acceptors (Lipinski definition) is 2. The van der Waals surface area contributed by atoms with Gasteiger partial charge in [-0.25, -0.2) is 0 Å². The Kier molecular flexibility index (Phi) is 3.52. The molecule has 0 radical (unpaired) electrons. The van der Waals surface area contributed by atoms with E-state index >= 15 is 0 Å². The highest BCUT2D eigenvalue weighted by Crippen LogP contribution is 2.34. The minimum absolute atomic E-state index is 0.391. The van der Waals surface area contributed by atoms with Gasteiger partial charge in [0.15, 0.2) is 0 Å². The fourth-order valence-corrected chi connectivity index (χ4v) is 3.22. The molecular formula is C17H21NO. The van der Waals surface area contributed by atoms with E-state index in [1.165, 1.54) is 30.2 Å². The lowest BCUT2D eigenvalue weighted by Crippen LogP contribution is -2.17. The molecule has 2 heteroatoms. The number of hydrogen-bond donors (Lipinski definition) is 1. The molecule has 100 valence electrons. The maximum Gasteiger partial charge on any atom is 0.0988 e. The first-order chi connectivity index (χ1) is 9.25. The quantitative estimate of drug-likeness (QED) is 0.874. The predicted octanol–water partition coefficient (Wildman–Crippen LogP) is 4.16. The number of nitrogens with zero attached hydrogens (tertiary/aromatic N) is 1. The molecule has 1 aliphatic rings. The Labute approximate surface area is 114 Å². The standard InChI is InChI=1S/C17H21NO/c1-12-11-16(17(19)13-7-3-2-4-8-13)18-15-10-6-5-9-14(12)15/h5-6,9-11,13,17,19H,2-4,7-8H2,1H3. The Morgan fingerprint density at radius 2 is 1.89 bits per heavy atom. The highest BCUT2D eigenvalue weighted by Gasteiger charge is 2.24. The van der Waals surface area contributed by atoms with Crippen LogP contribution in [-0.2, 0) is 0 Å². The molecule has 19 heavy (non-hydrogen) atoms. The molecule has 0 saturated heterocycles. The van der Waals surface area contributed by atoms with Crippen LogP contribution < -0.4 is 0 Å². The smallest absolute Gasteiger partial charge is 0.0988 e. The molecule has 1 unspecified atom stereocenters. The van der Waals surface area contributed by atoms with Crippen LogP contribution in [0, 0.1) is 12.8 Å². The van der Waals surface area contributed by atoms with E-state index in [0.29, 0.717) is 5.92 Å². The number of aliphatic hydroxyl groups excluding tert-OH is 1. The highest BCUT2D eigenvalue weighted by molar-refractivity contribution is 5.82. The van der Waals surface area contributed by atoms with Crippen LogP contribution in [0.3, 0.4) is 0 Å². The van der Waals surface area contributed by atoms with E-state index in [0.717, 1.165) is 24.1 Å². The number of rotatable bonds is 2. The summed E-state index contributed by atoms with van der Waals surface area (Å²) < 4.78 is 0. The van der Waals surface area contributed by atoms with Crippen LogP contribution in [0.25, 0.3) is 10.9 Å². The van der Waals surface area contributed by atoms with Gasteiger partial charge in [0.25, 0.3) is 0 Å². The van der Waals surface area contributed by atoms with E-state index in [-0.39, 0.29) is 0 Å². The maximum absolute atomic E-state index is 10.6. The van der Waals surface area contributed by atoms with E-state index in [2.05, 4.69) is 24.0 Å². The van der Waals surface area contributed by atoms with Crippen molar-refractivity contribution in [2.24, 2.45) is 5.92 Å². The third kappa shape index (κ3) is 2.50. The second-order valence-corrected chi connectivity index (χ2v) is 5.72. The molecule has 1 aromatic heterocycles. The summed E-state index contributed by atoms with van der Waals surface area (Å²) in [5.41, 5.74) is 3.05. The van der Waals surface area contributed by atoms with Gasteiger partial charge in [-0.05, 0) is 43.4 Å². The third-order valence-electron chi connectivity index (χ3n) is 4.34. The summed E-state index contributed by atoms with van der Waals surface area (Å²) in [6.07, 6.45) is 5.67. The van der Waals surface area contributed by atoms with Crippen molar-refractivity contribution in [3.8, 4) is 0 Å². The van der Waals surface area contributed by atoms with Gasteiger partial charge in [-0.2, -0.15) is 0 Å². The summed E-state index contributed by atoms with van der Waals surface area (Å²) in [6.45, 7) is 2.10. The first kappa shape index (κ1) is 12.6. The fraction of sp³-hybridized carbons (Fsp3) is 0.471. The van der Waals surface area contributed by atoms with Crippen LogP contribution in [0.4, 0.5) is 0 Å². The molecule has 1 saturated carbocycles. The summed E-state index contributed by atoms with van der Waals surface area (Å²) in [4.78, 5) is 4.66. The Bertz CT molecular complexity index is 572. The van der Waals surface area contributed by atoms with Crippen molar-refractivity contribution in [2.75, 3.05) is 0 Å². The van der Waals surface area contributed by atoms with Crippen LogP contribution in [0.15, 0.2) is 30.3 Å². The Hall–Kier alpha value is -1.41. The average molecular weight is 255 g/mol. The zero-order valence-electron chi connectivity index (χ0n) is 11.5. The van der Waals surface area contributed by atoms with Gasteiger partial charge in [-0.1, -0.05) is 37.5 Å². The Balaban J connectivity index is 1.95. The van der Waals surface area contributed by atoms with Crippen molar-refractivity contribution in [3.05, 3.63) is 41.6 Å². The van der Waals surface area contributed by atoms with Crippen LogP contribution in [0.5, 0.6) is 0 Å². The van der Waals surface area contributed by atoms with Crippen LogP contribution >= 0.6 is 0 Å². The lowest BCUT2D eigenvalue weighted by atomic mass is 9.84. The molecule has 1 heterocycles. The van der Waals surface area contributed by atoms with Crippen LogP contribution in [-0.4, -0.2) is 10.1 Å². The molecule has 1 fully saturated rings. The van der Waals surface area contributed by atoms with Gasteiger partial charge < -0.3 is 5.11 Å². The number of aliphatic hydroxyl groups is 1. The number of para-hydroxylation sites is 1. The fourth-order valence-electron chi connectivity index (χ4n) is 3.22. The summed E-state index contributed by atoms with van der Waals surface area (Å²) in [6, 6.07) is 10.2. The second-order valence-electron chi connectivity index (χ2n) is 5.72. The summed E-state index contributed by atoms with van der Waals surface area (Å²) in [5.74, 6) is 0.391.